The molecule has 2 aliphatic heterocycles. The Morgan fingerprint density at radius 3 is 2.11 bits per heavy atom. The van der Waals surface area contributed by atoms with Crippen LogP contribution in [-0.2, 0) is 44.8 Å². The molecule has 1 unspecified atom stereocenters. The molecule has 0 radical (unpaired) electrons. The molecule has 276 valence electrons. The van der Waals surface area contributed by atoms with Gasteiger partial charge in [-0.05, 0) is 65.1 Å². The lowest BCUT2D eigenvalue weighted by Crippen LogP contribution is -2.50. The normalized spacial score (nSPS) is 15.5. The number of anilines is 2. The van der Waals surface area contributed by atoms with Crippen molar-refractivity contribution in [1.29, 1.82) is 0 Å². The first-order valence-electron chi connectivity index (χ1n) is 17.7. The topological polar surface area (TPSA) is 86.3 Å². The summed E-state index contributed by atoms with van der Waals surface area (Å²) >= 11 is 0. The smallest absolute Gasteiger partial charge is 0.378 e. The summed E-state index contributed by atoms with van der Waals surface area (Å²) < 4.78 is 44.8. The van der Waals surface area contributed by atoms with Crippen molar-refractivity contribution in [3.8, 4) is 0 Å². The minimum Gasteiger partial charge on any atom is -0.378 e. The summed E-state index contributed by atoms with van der Waals surface area (Å²) in [6.07, 6.45) is 0.744. The van der Waals surface area contributed by atoms with E-state index in [1.165, 1.54) is 23.1 Å². The predicted molar refractivity (Wildman–Crippen MR) is 197 cm³/mol. The Labute approximate surface area is 307 Å². The maximum atomic E-state index is 14.5. The third kappa shape index (κ3) is 9.69. The number of pyridine rings is 1. The predicted octanol–water partition coefficient (Wildman–Crippen LogP) is 6.38. The van der Waals surface area contributed by atoms with Gasteiger partial charge in [-0.1, -0.05) is 60.7 Å². The molecule has 9 nitrogen and oxygen atoms in total. The Morgan fingerprint density at radius 2 is 1.51 bits per heavy atom. The quantitative estimate of drug-likeness (QED) is 0.158. The number of aromatic nitrogens is 1. The van der Waals surface area contributed by atoms with Gasteiger partial charge in [-0.2, -0.15) is 13.2 Å². The van der Waals surface area contributed by atoms with Crippen molar-refractivity contribution in [3.63, 3.8) is 0 Å². The monoisotopic (exact) mass is 725 g/mol. The fraction of sp³-hybridized carbons (Fsp3) is 0.317. The van der Waals surface area contributed by atoms with Crippen LogP contribution < -0.4 is 9.80 Å². The van der Waals surface area contributed by atoms with Gasteiger partial charge < -0.3 is 24.3 Å². The molecular formula is C41H42F3N5O4. The SMILES string of the molecule is CN(Cc1ccc(N2CCCC2=O)cc1)C(=O)C(Cc1ccccc1)N(Cc1ccc(N2CCOCC2)cc1)C(=O)C=Cc1ccc(C(F)(F)F)nc1. The zero-order chi connectivity index (χ0) is 37.4. The molecule has 0 bridgehead atoms. The number of hydrogen-bond donors (Lipinski definition) is 0. The summed E-state index contributed by atoms with van der Waals surface area (Å²) in [6, 6.07) is 26.1. The van der Waals surface area contributed by atoms with E-state index >= 15 is 0 Å². The number of rotatable bonds is 12. The van der Waals surface area contributed by atoms with Crippen LogP contribution >= 0.6 is 0 Å². The van der Waals surface area contributed by atoms with E-state index < -0.39 is 23.8 Å². The summed E-state index contributed by atoms with van der Waals surface area (Å²) in [7, 11) is 1.70. The van der Waals surface area contributed by atoms with Gasteiger partial charge in [-0.3, -0.25) is 19.4 Å². The first-order chi connectivity index (χ1) is 25.5. The molecule has 0 saturated carbocycles. The van der Waals surface area contributed by atoms with Crippen LogP contribution in [0.4, 0.5) is 24.5 Å². The molecule has 3 heterocycles. The second kappa shape index (κ2) is 16.9. The molecular weight excluding hydrogens is 683 g/mol. The van der Waals surface area contributed by atoms with Gasteiger partial charge in [0.2, 0.25) is 17.7 Å². The minimum atomic E-state index is -4.59. The van der Waals surface area contributed by atoms with Gasteiger partial charge in [0.25, 0.3) is 0 Å². The Hall–Kier alpha value is -5.49. The van der Waals surface area contributed by atoms with Crippen molar-refractivity contribution in [1.82, 2.24) is 14.8 Å². The third-order valence-electron chi connectivity index (χ3n) is 9.49. The fourth-order valence-corrected chi connectivity index (χ4v) is 6.58. The minimum absolute atomic E-state index is 0.0953. The average Bonchev–Trinajstić information content (AvgIpc) is 3.61. The Morgan fingerprint density at radius 1 is 0.849 bits per heavy atom. The van der Waals surface area contributed by atoms with Crippen molar-refractivity contribution in [2.45, 2.75) is 44.6 Å². The van der Waals surface area contributed by atoms with Crippen LogP contribution in [0.25, 0.3) is 6.08 Å². The van der Waals surface area contributed by atoms with E-state index in [4.69, 9.17) is 4.74 Å². The van der Waals surface area contributed by atoms with Crippen LogP contribution in [0.5, 0.6) is 0 Å². The van der Waals surface area contributed by atoms with Crippen LogP contribution in [0.3, 0.4) is 0 Å². The third-order valence-corrected chi connectivity index (χ3v) is 9.49. The Bertz CT molecular complexity index is 1880. The van der Waals surface area contributed by atoms with Gasteiger partial charge in [0.05, 0.1) is 13.2 Å². The molecule has 0 N–H and O–H groups in total. The van der Waals surface area contributed by atoms with Crippen molar-refractivity contribution < 1.29 is 32.3 Å². The number of carbonyl (C=O) groups excluding carboxylic acids is 3. The maximum Gasteiger partial charge on any atom is 0.433 e. The molecule has 2 aliphatic rings. The van der Waals surface area contributed by atoms with Crippen molar-refractivity contribution in [3.05, 3.63) is 131 Å². The number of amides is 3. The molecule has 3 aromatic carbocycles. The van der Waals surface area contributed by atoms with E-state index in [0.29, 0.717) is 31.7 Å². The van der Waals surface area contributed by atoms with Gasteiger partial charge in [-0.25, -0.2) is 0 Å². The van der Waals surface area contributed by atoms with Crippen molar-refractivity contribution in [2.75, 3.05) is 49.7 Å². The highest BCUT2D eigenvalue weighted by molar-refractivity contribution is 5.96. The highest BCUT2D eigenvalue weighted by Gasteiger charge is 2.33. The molecule has 2 fully saturated rings. The van der Waals surface area contributed by atoms with Crippen LogP contribution in [0.15, 0.2) is 103 Å². The van der Waals surface area contributed by atoms with Crippen LogP contribution in [-0.4, -0.2) is 78.4 Å². The van der Waals surface area contributed by atoms with Gasteiger partial charge in [0.15, 0.2) is 0 Å². The van der Waals surface area contributed by atoms with Gasteiger partial charge in [-0.15, -0.1) is 0 Å². The van der Waals surface area contributed by atoms with E-state index in [2.05, 4.69) is 9.88 Å². The van der Waals surface area contributed by atoms with E-state index in [0.717, 1.165) is 59.8 Å². The Kier molecular flexibility index (Phi) is 11.9. The number of hydrogen-bond acceptors (Lipinski definition) is 6. The number of ether oxygens (including phenoxy) is 1. The molecule has 3 amide bonds. The number of benzene rings is 3. The van der Waals surface area contributed by atoms with Crippen LogP contribution in [0.1, 0.15) is 40.8 Å². The lowest BCUT2D eigenvalue weighted by Gasteiger charge is -2.34. The molecule has 6 rings (SSSR count). The number of morpholine rings is 1. The van der Waals surface area contributed by atoms with E-state index in [-0.39, 0.29) is 31.3 Å². The number of halogens is 3. The van der Waals surface area contributed by atoms with Gasteiger partial charge in [0.1, 0.15) is 11.7 Å². The van der Waals surface area contributed by atoms with E-state index in [1.807, 2.05) is 78.9 Å². The summed E-state index contributed by atoms with van der Waals surface area (Å²) in [5, 5.41) is 0. The number of nitrogens with zero attached hydrogens (tertiary/aromatic N) is 5. The Balaban J connectivity index is 1.28. The maximum absolute atomic E-state index is 14.5. The summed E-state index contributed by atoms with van der Waals surface area (Å²) in [5.74, 6) is -0.669. The fourth-order valence-electron chi connectivity index (χ4n) is 6.58. The van der Waals surface area contributed by atoms with E-state index in [9.17, 15) is 27.6 Å². The van der Waals surface area contributed by atoms with Crippen molar-refractivity contribution in [2.24, 2.45) is 0 Å². The lowest BCUT2D eigenvalue weighted by atomic mass is 10.0. The zero-order valence-corrected chi connectivity index (χ0v) is 29.5. The standard InChI is InChI=1S/C41H42F3N5O4/c1-46(28-32-11-17-35(18-12-32)48-21-5-8-38(48)50)40(52)36(26-30-6-3-2-4-7-30)49(29-33-9-15-34(16-10-33)47-22-24-53-25-23-47)39(51)20-14-31-13-19-37(45-27-31)41(42,43)44/h2-4,6-7,9-20,27,36H,5,8,21-26,28-29H2,1H3. The molecule has 0 aliphatic carbocycles. The molecule has 53 heavy (non-hydrogen) atoms. The van der Waals surface area contributed by atoms with Crippen molar-refractivity contribution >= 4 is 35.2 Å². The summed E-state index contributed by atoms with van der Waals surface area (Å²) in [5.41, 5.74) is 3.65. The van der Waals surface area contributed by atoms with Gasteiger partial charge in [0, 0.05) is 76.3 Å². The van der Waals surface area contributed by atoms with Gasteiger partial charge >= 0.3 is 6.18 Å². The zero-order valence-electron chi connectivity index (χ0n) is 29.5. The number of likely N-dealkylation sites (N-methyl/N-ethyl adjacent to an activating group) is 1. The molecule has 1 atom stereocenters. The first-order valence-corrected chi connectivity index (χ1v) is 17.7. The largest absolute Gasteiger partial charge is 0.433 e. The number of carbonyl (C=O) groups is 3. The first kappa shape index (κ1) is 37.3. The highest BCUT2D eigenvalue weighted by atomic mass is 19.4. The summed E-state index contributed by atoms with van der Waals surface area (Å²) in [6.45, 7) is 3.88. The van der Waals surface area contributed by atoms with Crippen LogP contribution in [0.2, 0.25) is 0 Å². The summed E-state index contributed by atoms with van der Waals surface area (Å²) in [4.78, 5) is 51.5. The molecule has 12 heteroatoms. The number of alkyl halides is 3. The molecule has 4 aromatic rings. The molecule has 1 aromatic heterocycles. The average molecular weight is 726 g/mol. The molecule has 2 saturated heterocycles. The second-order valence-corrected chi connectivity index (χ2v) is 13.3. The van der Waals surface area contributed by atoms with Crippen LogP contribution in [0, 0.1) is 0 Å². The molecule has 0 spiro atoms. The highest BCUT2D eigenvalue weighted by Crippen LogP contribution is 2.28. The lowest BCUT2D eigenvalue weighted by molar-refractivity contribution is -0.143. The second-order valence-electron chi connectivity index (χ2n) is 13.3. The van der Waals surface area contributed by atoms with E-state index in [1.54, 1.807) is 16.8 Å².